The topological polar surface area (TPSA) is 74.6 Å². The Morgan fingerprint density at radius 1 is 1.00 bits per heavy atom. The molecule has 0 radical (unpaired) electrons. The van der Waals surface area contributed by atoms with Gasteiger partial charge in [0, 0.05) is 14.9 Å². The summed E-state index contributed by atoms with van der Waals surface area (Å²) in [5.41, 5.74) is -0.323. The lowest BCUT2D eigenvalue weighted by Crippen LogP contribution is -2.66. The lowest BCUT2D eigenvalue weighted by molar-refractivity contribution is -0.175. The van der Waals surface area contributed by atoms with Crippen molar-refractivity contribution in [2.24, 2.45) is 50.2 Å². The quantitative estimate of drug-likeness (QED) is 0.322. The van der Waals surface area contributed by atoms with Crippen LogP contribution in [-0.2, 0) is 9.59 Å². The summed E-state index contributed by atoms with van der Waals surface area (Å²) in [6, 6.07) is 0. The molecule has 5 aliphatic rings. The monoisotopic (exact) mass is 594 g/mol. The van der Waals surface area contributed by atoms with Gasteiger partial charge in [0.1, 0.15) is 0 Å². The third kappa shape index (κ3) is 3.12. The van der Waals surface area contributed by atoms with Crippen LogP contribution in [0, 0.1) is 50.2 Å². The summed E-state index contributed by atoms with van der Waals surface area (Å²) in [7, 11) is 0. The average Bonchev–Trinajstić information content (AvgIpc) is 2.74. The predicted octanol–water partition coefficient (Wildman–Crippen LogP) is 6.95. The predicted molar refractivity (Wildman–Crippen MR) is 146 cm³/mol. The molecule has 0 aliphatic heterocycles. The lowest BCUT2D eigenvalue weighted by Gasteiger charge is -2.69. The molecule has 0 aromatic rings. The maximum atomic E-state index is 14.3. The van der Waals surface area contributed by atoms with Gasteiger partial charge in [-0.1, -0.05) is 53.2 Å². The number of carboxylic acid groups (broad SMARTS) is 1. The average molecular weight is 595 g/mol. The molecular weight excluding hydrogens is 551 g/mol. The molecule has 2 N–H and O–H groups in total. The molecule has 0 saturated heterocycles. The first-order chi connectivity index (χ1) is 16.0. The first-order valence-corrected chi connectivity index (χ1v) is 14.6. The number of fused-ring (bicyclic) bond motifs is 7. The van der Waals surface area contributed by atoms with Crippen LogP contribution in [0.4, 0.5) is 0 Å². The van der Waals surface area contributed by atoms with Crippen molar-refractivity contribution in [2.75, 3.05) is 0 Å². The van der Waals surface area contributed by atoms with Crippen LogP contribution in [-0.4, -0.2) is 28.1 Å². The van der Waals surface area contributed by atoms with Crippen molar-refractivity contribution >= 4 is 34.3 Å². The highest BCUT2D eigenvalue weighted by Crippen LogP contribution is 2.74. The number of hydrogen-bond acceptors (Lipinski definition) is 3. The second-order valence-corrected chi connectivity index (χ2v) is 15.9. The number of allylic oxidation sites excluding steroid dienone is 3. The van der Waals surface area contributed by atoms with Crippen LogP contribution in [0.15, 0.2) is 21.3 Å². The fourth-order valence-electron chi connectivity index (χ4n) is 9.97. The van der Waals surface area contributed by atoms with Crippen LogP contribution >= 0.6 is 22.6 Å². The molecule has 0 amide bonds. The molecule has 35 heavy (non-hydrogen) atoms. The van der Waals surface area contributed by atoms with Gasteiger partial charge in [-0.3, -0.25) is 9.59 Å². The molecule has 194 valence electrons. The van der Waals surface area contributed by atoms with Gasteiger partial charge < -0.3 is 10.2 Å². The maximum absolute atomic E-state index is 14.3. The number of carbonyl (C=O) groups excluding carboxylic acids is 1. The lowest BCUT2D eigenvalue weighted by atomic mass is 9.34. The Morgan fingerprint density at radius 2 is 1.63 bits per heavy atom. The minimum atomic E-state index is -0.726. The molecule has 0 unspecified atom stereocenters. The van der Waals surface area contributed by atoms with Crippen molar-refractivity contribution in [2.45, 2.75) is 99.5 Å². The number of halogens is 1. The molecule has 0 aromatic carbocycles. The summed E-state index contributed by atoms with van der Waals surface area (Å²) >= 11 is 2.29. The second-order valence-electron chi connectivity index (χ2n) is 14.7. The van der Waals surface area contributed by atoms with E-state index >= 15 is 0 Å². The van der Waals surface area contributed by atoms with E-state index in [2.05, 4.69) is 70.2 Å². The molecule has 0 aromatic heterocycles. The largest absolute Gasteiger partial charge is 0.481 e. The van der Waals surface area contributed by atoms with Gasteiger partial charge in [-0.2, -0.15) is 0 Å². The Kier molecular flexibility index (Phi) is 5.52. The van der Waals surface area contributed by atoms with E-state index in [9.17, 15) is 19.8 Å². The SMILES string of the molecule is CC1(C)[C@H](O)C(I)=C[C@]2(C)[C@H]3C(=O)C=C4[C@@H]5C[C@](C)(C(=O)O)CC[C@]5(C)CC[C@@]4(C)[C@]3(C)CC[C@@H]12. The van der Waals surface area contributed by atoms with E-state index in [1.54, 1.807) is 0 Å². The molecule has 3 fully saturated rings. The zero-order valence-electron chi connectivity index (χ0n) is 22.5. The molecule has 5 rings (SSSR count). The molecule has 0 spiro atoms. The molecule has 9 atom stereocenters. The number of carbonyl (C=O) groups is 2. The van der Waals surface area contributed by atoms with Crippen molar-refractivity contribution in [3.8, 4) is 0 Å². The standard InChI is InChI=1S/C30H43IO4/c1-25(2)21-8-9-30(7)22(28(21,5)16-19(31)23(25)33)20(32)14-17-18-15-27(4,24(34)35)11-10-26(18,3)12-13-29(17,30)6/h14,16,18,21-23,33H,8-13,15H2,1-7H3,(H,34,35)/t18-,21-,22+,23+,26+,27+,28-,29+,30+/m0/s1. The molecule has 0 heterocycles. The van der Waals surface area contributed by atoms with Gasteiger partial charge in [-0.25, -0.2) is 0 Å². The summed E-state index contributed by atoms with van der Waals surface area (Å²) < 4.78 is 0.962. The molecule has 4 nitrogen and oxygen atoms in total. The number of carboxylic acids is 1. The highest BCUT2D eigenvalue weighted by Gasteiger charge is 2.70. The van der Waals surface area contributed by atoms with Crippen LogP contribution in [0.5, 0.6) is 0 Å². The van der Waals surface area contributed by atoms with Crippen LogP contribution in [0.2, 0.25) is 0 Å². The normalized spacial score (nSPS) is 52.8. The molecule has 5 aliphatic carbocycles. The van der Waals surface area contributed by atoms with Crippen LogP contribution in [0.3, 0.4) is 0 Å². The van der Waals surface area contributed by atoms with Crippen molar-refractivity contribution < 1.29 is 19.8 Å². The van der Waals surface area contributed by atoms with E-state index < -0.39 is 17.5 Å². The van der Waals surface area contributed by atoms with Crippen molar-refractivity contribution in [1.29, 1.82) is 0 Å². The number of hydrogen-bond donors (Lipinski definition) is 2. The first-order valence-electron chi connectivity index (χ1n) is 13.5. The molecule has 0 bridgehead atoms. The number of aliphatic hydroxyl groups is 1. The number of rotatable bonds is 1. The number of aliphatic hydroxyl groups excluding tert-OH is 1. The summed E-state index contributed by atoms with van der Waals surface area (Å²) in [5.74, 6) is -0.217. The third-order valence-corrected chi connectivity index (χ3v) is 13.5. The zero-order chi connectivity index (χ0) is 26.0. The van der Waals surface area contributed by atoms with Gasteiger partial charge in [0.05, 0.1) is 11.5 Å². The molecular formula is C30H43IO4. The summed E-state index contributed by atoms with van der Waals surface area (Å²) in [6.07, 6.45) is 10.1. The van der Waals surface area contributed by atoms with E-state index in [0.29, 0.717) is 12.8 Å². The smallest absolute Gasteiger partial charge is 0.309 e. The van der Waals surface area contributed by atoms with Gasteiger partial charge in [0.15, 0.2) is 5.78 Å². The minimum Gasteiger partial charge on any atom is -0.481 e. The van der Waals surface area contributed by atoms with Crippen LogP contribution in [0.25, 0.3) is 0 Å². The van der Waals surface area contributed by atoms with Crippen molar-refractivity contribution in [3.63, 3.8) is 0 Å². The fourth-order valence-corrected chi connectivity index (χ4v) is 11.4. The van der Waals surface area contributed by atoms with Crippen LogP contribution in [0.1, 0.15) is 93.4 Å². The third-order valence-electron chi connectivity index (χ3n) is 12.6. The molecule has 3 saturated carbocycles. The Balaban J connectivity index is 1.66. The Morgan fingerprint density at radius 3 is 2.26 bits per heavy atom. The maximum Gasteiger partial charge on any atom is 0.309 e. The first kappa shape index (κ1) is 25.9. The van der Waals surface area contributed by atoms with Gasteiger partial charge in [-0.05, 0) is 114 Å². The highest BCUT2D eigenvalue weighted by atomic mass is 127. The van der Waals surface area contributed by atoms with E-state index in [-0.39, 0.29) is 50.6 Å². The zero-order valence-corrected chi connectivity index (χ0v) is 24.7. The Labute approximate surface area is 224 Å². The summed E-state index contributed by atoms with van der Waals surface area (Å²) in [6.45, 7) is 15.6. The highest BCUT2D eigenvalue weighted by molar-refractivity contribution is 14.1. The van der Waals surface area contributed by atoms with Gasteiger partial charge in [-0.15, -0.1) is 0 Å². The fraction of sp³-hybridized carbons (Fsp3) is 0.800. The second kappa shape index (κ2) is 7.45. The van der Waals surface area contributed by atoms with Crippen molar-refractivity contribution in [3.05, 3.63) is 21.3 Å². The summed E-state index contributed by atoms with van der Waals surface area (Å²) in [5, 5.41) is 21.1. The van der Waals surface area contributed by atoms with E-state index in [4.69, 9.17) is 0 Å². The Bertz CT molecular complexity index is 1060. The van der Waals surface area contributed by atoms with E-state index in [1.165, 1.54) is 5.57 Å². The minimum absolute atomic E-state index is 0.0666. The van der Waals surface area contributed by atoms with Gasteiger partial charge in [0.25, 0.3) is 0 Å². The number of aliphatic carboxylic acids is 1. The van der Waals surface area contributed by atoms with Gasteiger partial charge >= 0.3 is 5.97 Å². The Hall–Kier alpha value is -0.690. The summed E-state index contributed by atoms with van der Waals surface area (Å²) in [4.78, 5) is 26.5. The van der Waals surface area contributed by atoms with Crippen LogP contribution < -0.4 is 0 Å². The van der Waals surface area contributed by atoms with E-state index in [0.717, 1.165) is 35.7 Å². The van der Waals surface area contributed by atoms with Crippen molar-refractivity contribution in [1.82, 2.24) is 0 Å². The van der Waals surface area contributed by atoms with Gasteiger partial charge in [0.2, 0.25) is 0 Å². The van der Waals surface area contributed by atoms with E-state index in [1.807, 2.05) is 13.0 Å². The number of ketones is 1. The molecule has 5 heteroatoms.